The Morgan fingerprint density at radius 2 is 1.77 bits per heavy atom. The maximum absolute atomic E-state index is 12.5. The molecule has 1 aromatic rings. The van der Waals surface area contributed by atoms with E-state index in [-0.39, 0.29) is 18.4 Å². The van der Waals surface area contributed by atoms with Gasteiger partial charge in [-0.2, -0.15) is 0 Å². The second-order valence-electron chi connectivity index (χ2n) is 5.57. The first kappa shape index (κ1) is 16.3. The van der Waals surface area contributed by atoms with Gasteiger partial charge in [-0.1, -0.05) is 25.0 Å². The van der Waals surface area contributed by atoms with E-state index in [1.807, 2.05) is 17.0 Å². The molecule has 2 rings (SSSR count). The Hall–Kier alpha value is -2.04. The first-order chi connectivity index (χ1) is 10.6. The zero-order valence-electron chi connectivity index (χ0n) is 13.4. The Morgan fingerprint density at radius 1 is 1.14 bits per heavy atom. The number of likely N-dealkylation sites (tertiary alicyclic amines) is 1. The SMILES string of the molecule is COc1ccccc1N(CC(=O)N1CCCCCC1)C(C)=O. The summed E-state index contributed by atoms with van der Waals surface area (Å²) in [5.74, 6) is 0.442. The van der Waals surface area contributed by atoms with Crippen LogP contribution in [0.25, 0.3) is 0 Å². The van der Waals surface area contributed by atoms with Crippen LogP contribution in [-0.2, 0) is 9.59 Å². The van der Waals surface area contributed by atoms with Crippen LogP contribution < -0.4 is 9.64 Å². The third-order valence-electron chi connectivity index (χ3n) is 4.01. The molecule has 0 aromatic heterocycles. The molecule has 1 aromatic carbocycles. The van der Waals surface area contributed by atoms with Gasteiger partial charge in [0.25, 0.3) is 0 Å². The quantitative estimate of drug-likeness (QED) is 0.858. The van der Waals surface area contributed by atoms with Crippen molar-refractivity contribution in [2.75, 3.05) is 31.6 Å². The summed E-state index contributed by atoms with van der Waals surface area (Å²) in [4.78, 5) is 27.9. The molecule has 0 spiro atoms. The highest BCUT2D eigenvalue weighted by Crippen LogP contribution is 2.27. The average molecular weight is 304 g/mol. The third-order valence-corrected chi connectivity index (χ3v) is 4.01. The topological polar surface area (TPSA) is 49.9 Å². The molecule has 0 atom stereocenters. The van der Waals surface area contributed by atoms with Crippen LogP contribution in [0.3, 0.4) is 0 Å². The summed E-state index contributed by atoms with van der Waals surface area (Å²) in [6.07, 6.45) is 4.43. The summed E-state index contributed by atoms with van der Waals surface area (Å²) in [6.45, 7) is 3.12. The van der Waals surface area contributed by atoms with Gasteiger partial charge in [0.15, 0.2) is 0 Å². The number of hydrogen-bond acceptors (Lipinski definition) is 3. The van der Waals surface area contributed by atoms with Gasteiger partial charge in [0.05, 0.1) is 12.8 Å². The van der Waals surface area contributed by atoms with Gasteiger partial charge in [-0.25, -0.2) is 0 Å². The van der Waals surface area contributed by atoms with Crippen molar-refractivity contribution in [3.05, 3.63) is 24.3 Å². The molecule has 120 valence electrons. The third kappa shape index (κ3) is 4.00. The highest BCUT2D eigenvalue weighted by atomic mass is 16.5. The van der Waals surface area contributed by atoms with Crippen LogP contribution in [-0.4, -0.2) is 43.5 Å². The van der Waals surface area contributed by atoms with Crippen LogP contribution in [0.2, 0.25) is 0 Å². The van der Waals surface area contributed by atoms with E-state index < -0.39 is 0 Å². The Morgan fingerprint density at radius 3 is 2.36 bits per heavy atom. The lowest BCUT2D eigenvalue weighted by molar-refractivity contribution is -0.131. The molecule has 2 amide bonds. The Bertz CT molecular complexity index is 522. The Labute approximate surface area is 131 Å². The fraction of sp³-hybridized carbons (Fsp3) is 0.529. The van der Waals surface area contributed by atoms with E-state index in [0.29, 0.717) is 11.4 Å². The largest absolute Gasteiger partial charge is 0.495 e. The van der Waals surface area contributed by atoms with Crippen molar-refractivity contribution >= 4 is 17.5 Å². The molecule has 5 nitrogen and oxygen atoms in total. The number of para-hydroxylation sites is 2. The molecule has 1 aliphatic heterocycles. The second-order valence-corrected chi connectivity index (χ2v) is 5.57. The maximum atomic E-state index is 12.5. The summed E-state index contributed by atoms with van der Waals surface area (Å²) in [7, 11) is 1.56. The summed E-state index contributed by atoms with van der Waals surface area (Å²) in [5, 5.41) is 0. The van der Waals surface area contributed by atoms with E-state index in [1.165, 1.54) is 24.7 Å². The van der Waals surface area contributed by atoms with Crippen LogP contribution >= 0.6 is 0 Å². The monoisotopic (exact) mass is 304 g/mol. The standard InChI is InChI=1S/C17H24N2O3/c1-14(20)19(15-9-5-6-10-16(15)22-2)13-17(21)18-11-7-3-4-8-12-18/h5-6,9-10H,3-4,7-8,11-13H2,1-2H3. The number of rotatable bonds is 4. The molecule has 1 heterocycles. The molecule has 22 heavy (non-hydrogen) atoms. The first-order valence-electron chi connectivity index (χ1n) is 7.82. The lowest BCUT2D eigenvalue weighted by Crippen LogP contribution is -2.42. The molecule has 1 aliphatic rings. The van der Waals surface area contributed by atoms with Gasteiger partial charge in [0, 0.05) is 20.0 Å². The van der Waals surface area contributed by atoms with Gasteiger partial charge in [-0.15, -0.1) is 0 Å². The van der Waals surface area contributed by atoms with Gasteiger partial charge in [0.2, 0.25) is 11.8 Å². The highest BCUT2D eigenvalue weighted by Gasteiger charge is 2.23. The van der Waals surface area contributed by atoms with Gasteiger partial charge >= 0.3 is 0 Å². The smallest absolute Gasteiger partial charge is 0.242 e. The predicted octanol–water partition coefficient (Wildman–Crippen LogP) is 2.45. The van der Waals surface area contributed by atoms with E-state index in [1.54, 1.807) is 19.2 Å². The molecule has 0 radical (unpaired) electrons. The number of carbonyl (C=O) groups excluding carboxylic acids is 2. The molecule has 1 saturated heterocycles. The van der Waals surface area contributed by atoms with Crippen LogP contribution in [0.15, 0.2) is 24.3 Å². The van der Waals surface area contributed by atoms with E-state index >= 15 is 0 Å². The van der Waals surface area contributed by atoms with Crippen LogP contribution in [0.5, 0.6) is 5.75 Å². The van der Waals surface area contributed by atoms with Crippen molar-refractivity contribution in [3.63, 3.8) is 0 Å². The lowest BCUT2D eigenvalue weighted by atomic mass is 10.2. The van der Waals surface area contributed by atoms with Crippen molar-refractivity contribution in [2.45, 2.75) is 32.6 Å². The first-order valence-corrected chi connectivity index (χ1v) is 7.82. The number of methoxy groups -OCH3 is 1. The normalized spacial score (nSPS) is 15.1. The van der Waals surface area contributed by atoms with Crippen molar-refractivity contribution in [1.82, 2.24) is 4.90 Å². The number of benzene rings is 1. The van der Waals surface area contributed by atoms with Crippen molar-refractivity contribution < 1.29 is 14.3 Å². The number of amides is 2. The number of anilines is 1. The molecule has 0 bridgehead atoms. The molecular formula is C17H24N2O3. The predicted molar refractivity (Wildman–Crippen MR) is 86.1 cm³/mol. The lowest BCUT2D eigenvalue weighted by Gasteiger charge is -2.27. The maximum Gasteiger partial charge on any atom is 0.242 e. The number of hydrogen-bond donors (Lipinski definition) is 0. The van der Waals surface area contributed by atoms with E-state index in [0.717, 1.165) is 25.9 Å². The van der Waals surface area contributed by atoms with Crippen LogP contribution in [0.1, 0.15) is 32.6 Å². The minimum atomic E-state index is -0.160. The molecule has 5 heteroatoms. The molecule has 0 saturated carbocycles. The molecule has 0 N–H and O–H groups in total. The van der Waals surface area contributed by atoms with Crippen molar-refractivity contribution in [1.29, 1.82) is 0 Å². The van der Waals surface area contributed by atoms with Gasteiger partial charge in [-0.05, 0) is 25.0 Å². The van der Waals surface area contributed by atoms with Crippen LogP contribution in [0, 0.1) is 0 Å². The van der Waals surface area contributed by atoms with Gasteiger partial charge < -0.3 is 9.64 Å². The minimum absolute atomic E-state index is 0.00278. The highest BCUT2D eigenvalue weighted by molar-refractivity contribution is 5.98. The number of nitrogens with zero attached hydrogens (tertiary/aromatic N) is 2. The summed E-state index contributed by atoms with van der Waals surface area (Å²) in [6, 6.07) is 7.28. The number of ether oxygens (including phenoxy) is 1. The zero-order valence-corrected chi connectivity index (χ0v) is 13.4. The van der Waals surface area contributed by atoms with Gasteiger partial charge in [-0.3, -0.25) is 14.5 Å². The van der Waals surface area contributed by atoms with Crippen LogP contribution in [0.4, 0.5) is 5.69 Å². The summed E-state index contributed by atoms with van der Waals surface area (Å²) >= 11 is 0. The van der Waals surface area contributed by atoms with Crippen molar-refractivity contribution in [3.8, 4) is 5.75 Å². The Kier molecular flexibility index (Phi) is 5.81. The number of carbonyl (C=O) groups is 2. The molecule has 1 fully saturated rings. The molecular weight excluding hydrogens is 280 g/mol. The minimum Gasteiger partial charge on any atom is -0.495 e. The van der Waals surface area contributed by atoms with Gasteiger partial charge in [0.1, 0.15) is 12.3 Å². The zero-order chi connectivity index (χ0) is 15.9. The molecule has 0 aliphatic carbocycles. The summed E-state index contributed by atoms with van der Waals surface area (Å²) < 4.78 is 5.30. The van der Waals surface area contributed by atoms with E-state index in [2.05, 4.69) is 0 Å². The molecule has 0 unspecified atom stereocenters. The summed E-state index contributed by atoms with van der Waals surface area (Å²) in [5.41, 5.74) is 0.640. The van der Waals surface area contributed by atoms with Crippen molar-refractivity contribution in [2.24, 2.45) is 0 Å². The fourth-order valence-corrected chi connectivity index (χ4v) is 2.77. The second kappa shape index (κ2) is 7.82. The fourth-order valence-electron chi connectivity index (χ4n) is 2.77. The van der Waals surface area contributed by atoms with E-state index in [9.17, 15) is 9.59 Å². The van der Waals surface area contributed by atoms with E-state index in [4.69, 9.17) is 4.74 Å². The Balaban J connectivity index is 2.14. The average Bonchev–Trinajstić information content (AvgIpc) is 2.81.